The maximum absolute atomic E-state index is 11.0. The Labute approximate surface area is 100 Å². The number of fused-ring (bicyclic) bond motifs is 1. The van der Waals surface area contributed by atoms with Gasteiger partial charge in [-0.05, 0) is 36.0 Å². The fourth-order valence-corrected chi connectivity index (χ4v) is 3.68. The van der Waals surface area contributed by atoms with Crippen LogP contribution in [0.2, 0.25) is 0 Å². The van der Waals surface area contributed by atoms with Crippen molar-refractivity contribution in [2.45, 2.75) is 31.6 Å². The van der Waals surface area contributed by atoms with E-state index in [4.69, 9.17) is 5.11 Å². The molecular weight excluding hydrogens is 220 g/mol. The predicted molar refractivity (Wildman–Crippen MR) is 66.4 cm³/mol. The Morgan fingerprint density at radius 3 is 2.75 bits per heavy atom. The first-order valence-corrected chi connectivity index (χ1v) is 6.50. The van der Waals surface area contributed by atoms with E-state index in [2.05, 4.69) is 19.9 Å². The summed E-state index contributed by atoms with van der Waals surface area (Å²) in [5.74, 6) is 1.44. The molecule has 0 aromatic heterocycles. The average Bonchev–Trinajstić information content (AvgIpc) is 2.58. The lowest BCUT2D eigenvalue weighted by Crippen LogP contribution is -2.07. The van der Waals surface area contributed by atoms with E-state index >= 15 is 0 Å². The van der Waals surface area contributed by atoms with Crippen molar-refractivity contribution in [1.29, 1.82) is 0 Å². The van der Waals surface area contributed by atoms with Gasteiger partial charge in [-0.25, -0.2) is 4.79 Å². The van der Waals surface area contributed by atoms with Gasteiger partial charge in [0, 0.05) is 10.6 Å². The molecule has 0 saturated carbocycles. The van der Waals surface area contributed by atoms with Crippen LogP contribution in [0.15, 0.2) is 17.0 Å². The second-order valence-corrected chi connectivity index (χ2v) is 5.73. The highest BCUT2D eigenvalue weighted by atomic mass is 32.2. The van der Waals surface area contributed by atoms with Gasteiger partial charge in [-0.15, -0.1) is 11.8 Å². The SMILES string of the molecule is Cc1cc2c(cc1C(=O)O)SCC2C(C)C. The lowest BCUT2D eigenvalue weighted by atomic mass is 9.88. The molecule has 0 radical (unpaired) electrons. The van der Waals surface area contributed by atoms with Crippen LogP contribution in [-0.4, -0.2) is 16.8 Å². The Morgan fingerprint density at radius 1 is 1.50 bits per heavy atom. The van der Waals surface area contributed by atoms with Crippen molar-refractivity contribution < 1.29 is 9.90 Å². The number of thioether (sulfide) groups is 1. The van der Waals surface area contributed by atoms with E-state index in [9.17, 15) is 4.79 Å². The lowest BCUT2D eigenvalue weighted by Gasteiger charge is -2.15. The van der Waals surface area contributed by atoms with Crippen molar-refractivity contribution >= 4 is 17.7 Å². The van der Waals surface area contributed by atoms with Gasteiger partial charge in [0.25, 0.3) is 0 Å². The molecule has 1 aromatic carbocycles. The highest BCUT2D eigenvalue weighted by Gasteiger charge is 2.27. The minimum Gasteiger partial charge on any atom is -0.478 e. The normalized spacial score (nSPS) is 18.9. The van der Waals surface area contributed by atoms with Crippen LogP contribution in [0.3, 0.4) is 0 Å². The molecule has 0 bridgehead atoms. The van der Waals surface area contributed by atoms with Gasteiger partial charge in [-0.3, -0.25) is 0 Å². The van der Waals surface area contributed by atoms with Gasteiger partial charge < -0.3 is 5.11 Å². The minimum absolute atomic E-state index is 0.440. The third-order valence-corrected chi connectivity index (χ3v) is 4.40. The van der Waals surface area contributed by atoms with E-state index in [1.165, 1.54) is 5.56 Å². The van der Waals surface area contributed by atoms with Crippen LogP contribution in [0.1, 0.15) is 41.3 Å². The number of benzene rings is 1. The molecule has 0 saturated heterocycles. The van der Waals surface area contributed by atoms with Crippen LogP contribution >= 0.6 is 11.8 Å². The molecule has 1 heterocycles. The number of carboxylic acids is 1. The molecule has 1 unspecified atom stereocenters. The van der Waals surface area contributed by atoms with Crippen LogP contribution in [0.4, 0.5) is 0 Å². The summed E-state index contributed by atoms with van der Waals surface area (Å²) in [4.78, 5) is 12.2. The van der Waals surface area contributed by atoms with E-state index in [0.29, 0.717) is 17.4 Å². The molecule has 1 atom stereocenters. The van der Waals surface area contributed by atoms with Crippen LogP contribution in [0, 0.1) is 12.8 Å². The first-order valence-electron chi connectivity index (χ1n) is 5.51. The highest BCUT2D eigenvalue weighted by molar-refractivity contribution is 7.99. The molecule has 1 aromatic rings. The summed E-state index contributed by atoms with van der Waals surface area (Å²) in [6.07, 6.45) is 0. The van der Waals surface area contributed by atoms with E-state index < -0.39 is 5.97 Å². The molecule has 16 heavy (non-hydrogen) atoms. The van der Waals surface area contributed by atoms with Crippen molar-refractivity contribution in [3.8, 4) is 0 Å². The van der Waals surface area contributed by atoms with Crippen molar-refractivity contribution in [1.82, 2.24) is 0 Å². The van der Waals surface area contributed by atoms with Crippen molar-refractivity contribution in [2.75, 3.05) is 5.75 Å². The van der Waals surface area contributed by atoms with E-state index in [-0.39, 0.29) is 0 Å². The Balaban J connectivity index is 2.48. The van der Waals surface area contributed by atoms with Crippen molar-refractivity contribution in [2.24, 2.45) is 5.92 Å². The van der Waals surface area contributed by atoms with Gasteiger partial charge in [0.2, 0.25) is 0 Å². The highest BCUT2D eigenvalue weighted by Crippen LogP contribution is 2.44. The number of hydrogen-bond acceptors (Lipinski definition) is 2. The molecule has 0 spiro atoms. The van der Waals surface area contributed by atoms with Crippen LogP contribution < -0.4 is 0 Å². The Bertz CT molecular complexity index is 438. The molecule has 0 aliphatic carbocycles. The summed E-state index contributed by atoms with van der Waals surface area (Å²) in [6.45, 7) is 6.33. The largest absolute Gasteiger partial charge is 0.478 e. The summed E-state index contributed by atoms with van der Waals surface area (Å²) in [6, 6.07) is 3.89. The number of aromatic carboxylic acids is 1. The standard InChI is InChI=1S/C13H16O2S/c1-7(2)11-6-16-12-5-9(13(14)15)8(3)4-10(11)12/h4-5,7,11H,6H2,1-3H3,(H,14,15). The van der Waals surface area contributed by atoms with Gasteiger partial charge in [-0.1, -0.05) is 19.9 Å². The number of rotatable bonds is 2. The maximum atomic E-state index is 11.0. The summed E-state index contributed by atoms with van der Waals surface area (Å²) in [5, 5.41) is 9.06. The molecule has 1 aliphatic rings. The third kappa shape index (κ3) is 1.84. The van der Waals surface area contributed by atoms with Crippen molar-refractivity contribution in [3.63, 3.8) is 0 Å². The second kappa shape index (κ2) is 4.13. The van der Waals surface area contributed by atoms with Gasteiger partial charge in [-0.2, -0.15) is 0 Å². The quantitative estimate of drug-likeness (QED) is 0.853. The molecule has 3 heteroatoms. The molecule has 86 valence electrons. The molecular formula is C13H16O2S. The zero-order valence-electron chi connectivity index (χ0n) is 9.78. The monoisotopic (exact) mass is 236 g/mol. The lowest BCUT2D eigenvalue weighted by molar-refractivity contribution is 0.0696. The van der Waals surface area contributed by atoms with E-state index in [0.717, 1.165) is 16.2 Å². The van der Waals surface area contributed by atoms with Crippen molar-refractivity contribution in [3.05, 3.63) is 28.8 Å². The van der Waals surface area contributed by atoms with Gasteiger partial charge >= 0.3 is 5.97 Å². The van der Waals surface area contributed by atoms with Gasteiger partial charge in [0.15, 0.2) is 0 Å². The fourth-order valence-electron chi connectivity index (χ4n) is 2.18. The zero-order valence-corrected chi connectivity index (χ0v) is 10.6. The Kier molecular flexibility index (Phi) is 2.98. The number of carbonyl (C=O) groups is 1. The smallest absolute Gasteiger partial charge is 0.335 e. The average molecular weight is 236 g/mol. The first-order chi connectivity index (χ1) is 7.50. The number of hydrogen-bond donors (Lipinski definition) is 1. The zero-order chi connectivity index (χ0) is 11.9. The Morgan fingerprint density at radius 2 is 2.19 bits per heavy atom. The Hall–Kier alpha value is -0.960. The number of carboxylic acid groups (broad SMARTS) is 1. The summed E-state index contributed by atoms with van der Waals surface area (Å²) < 4.78 is 0. The minimum atomic E-state index is -0.825. The molecule has 0 amide bonds. The van der Waals surface area contributed by atoms with Crippen LogP contribution in [0.5, 0.6) is 0 Å². The van der Waals surface area contributed by atoms with Crippen LogP contribution in [-0.2, 0) is 0 Å². The molecule has 0 fully saturated rings. The maximum Gasteiger partial charge on any atom is 0.335 e. The first kappa shape index (κ1) is 11.5. The summed E-state index contributed by atoms with van der Waals surface area (Å²) >= 11 is 1.78. The molecule has 2 nitrogen and oxygen atoms in total. The van der Waals surface area contributed by atoms with Crippen LogP contribution in [0.25, 0.3) is 0 Å². The summed E-state index contributed by atoms with van der Waals surface area (Å²) in [5.41, 5.74) is 2.65. The molecule has 1 N–H and O–H groups in total. The predicted octanol–water partition coefficient (Wildman–Crippen LogP) is 3.54. The second-order valence-electron chi connectivity index (χ2n) is 4.67. The number of aryl methyl sites for hydroxylation is 1. The molecule has 1 aliphatic heterocycles. The van der Waals surface area contributed by atoms with Gasteiger partial charge in [0.05, 0.1) is 5.56 Å². The van der Waals surface area contributed by atoms with E-state index in [1.807, 2.05) is 13.0 Å². The fraction of sp³-hybridized carbons (Fsp3) is 0.462. The van der Waals surface area contributed by atoms with Gasteiger partial charge in [0.1, 0.15) is 0 Å². The third-order valence-electron chi connectivity index (χ3n) is 3.21. The summed E-state index contributed by atoms with van der Waals surface area (Å²) in [7, 11) is 0. The van der Waals surface area contributed by atoms with E-state index in [1.54, 1.807) is 11.8 Å². The topological polar surface area (TPSA) is 37.3 Å². The molecule has 2 rings (SSSR count).